The SMILES string of the molecule is Cc1ccc(N)cc1NC(=O)Cn1c(C)ncc(Br)c1=O. The Bertz CT molecular complexity index is 755. The molecule has 0 unspecified atom stereocenters. The largest absolute Gasteiger partial charge is 0.399 e. The van der Waals surface area contributed by atoms with E-state index in [1.54, 1.807) is 19.1 Å². The summed E-state index contributed by atoms with van der Waals surface area (Å²) in [6, 6.07) is 5.27. The molecule has 7 heteroatoms. The number of carbonyl (C=O) groups excluding carboxylic acids is 1. The minimum Gasteiger partial charge on any atom is -0.399 e. The lowest BCUT2D eigenvalue weighted by atomic mass is 10.2. The van der Waals surface area contributed by atoms with Gasteiger partial charge in [-0.2, -0.15) is 0 Å². The fraction of sp³-hybridized carbons (Fsp3) is 0.214. The first-order valence-corrected chi connectivity index (χ1v) is 7.05. The van der Waals surface area contributed by atoms with Gasteiger partial charge < -0.3 is 11.1 Å². The molecular formula is C14H15BrN4O2. The maximum atomic E-state index is 12.1. The molecule has 1 heterocycles. The molecule has 3 N–H and O–H groups in total. The first-order valence-electron chi connectivity index (χ1n) is 6.26. The molecule has 2 rings (SSSR count). The third kappa shape index (κ3) is 3.49. The number of nitrogens with one attached hydrogen (secondary N) is 1. The number of hydrogen-bond acceptors (Lipinski definition) is 4. The normalized spacial score (nSPS) is 10.4. The molecule has 110 valence electrons. The summed E-state index contributed by atoms with van der Waals surface area (Å²) in [6.45, 7) is 3.44. The number of rotatable bonds is 3. The summed E-state index contributed by atoms with van der Waals surface area (Å²) in [5, 5.41) is 2.75. The van der Waals surface area contributed by atoms with Crippen LogP contribution in [0.5, 0.6) is 0 Å². The van der Waals surface area contributed by atoms with E-state index in [0.717, 1.165) is 5.56 Å². The zero-order chi connectivity index (χ0) is 15.6. The van der Waals surface area contributed by atoms with Crippen LogP contribution in [0.3, 0.4) is 0 Å². The van der Waals surface area contributed by atoms with Crippen molar-refractivity contribution in [3.05, 3.63) is 50.6 Å². The zero-order valence-corrected chi connectivity index (χ0v) is 13.3. The Kier molecular flexibility index (Phi) is 4.42. The van der Waals surface area contributed by atoms with Crippen molar-refractivity contribution in [3.8, 4) is 0 Å². The van der Waals surface area contributed by atoms with E-state index in [1.807, 2.05) is 13.0 Å². The number of nitrogen functional groups attached to an aromatic ring is 1. The van der Waals surface area contributed by atoms with Crippen LogP contribution in [-0.4, -0.2) is 15.5 Å². The van der Waals surface area contributed by atoms with Crippen molar-refractivity contribution in [1.82, 2.24) is 9.55 Å². The average molecular weight is 351 g/mol. The number of aryl methyl sites for hydroxylation is 2. The fourth-order valence-electron chi connectivity index (χ4n) is 1.84. The van der Waals surface area contributed by atoms with Crippen molar-refractivity contribution in [3.63, 3.8) is 0 Å². The summed E-state index contributed by atoms with van der Waals surface area (Å²) in [5.74, 6) is 0.163. The smallest absolute Gasteiger partial charge is 0.268 e. The Balaban J connectivity index is 2.22. The van der Waals surface area contributed by atoms with Crippen molar-refractivity contribution in [2.75, 3.05) is 11.1 Å². The molecule has 1 aromatic carbocycles. The molecule has 0 aliphatic rings. The van der Waals surface area contributed by atoms with E-state index in [1.165, 1.54) is 10.8 Å². The molecule has 2 aromatic rings. The van der Waals surface area contributed by atoms with E-state index in [4.69, 9.17) is 5.73 Å². The van der Waals surface area contributed by atoms with E-state index >= 15 is 0 Å². The van der Waals surface area contributed by atoms with Gasteiger partial charge in [-0.25, -0.2) is 4.98 Å². The lowest BCUT2D eigenvalue weighted by molar-refractivity contribution is -0.116. The van der Waals surface area contributed by atoms with E-state index in [-0.39, 0.29) is 18.0 Å². The molecule has 0 bridgehead atoms. The zero-order valence-electron chi connectivity index (χ0n) is 11.7. The Morgan fingerprint density at radius 2 is 2.14 bits per heavy atom. The Morgan fingerprint density at radius 3 is 2.86 bits per heavy atom. The quantitative estimate of drug-likeness (QED) is 0.826. The van der Waals surface area contributed by atoms with E-state index in [2.05, 4.69) is 26.2 Å². The Morgan fingerprint density at radius 1 is 1.43 bits per heavy atom. The van der Waals surface area contributed by atoms with E-state index < -0.39 is 0 Å². The number of nitrogens with two attached hydrogens (primary N) is 1. The number of anilines is 2. The monoisotopic (exact) mass is 350 g/mol. The molecule has 1 amide bonds. The molecule has 0 saturated carbocycles. The van der Waals surface area contributed by atoms with Crippen molar-refractivity contribution in [2.45, 2.75) is 20.4 Å². The minimum absolute atomic E-state index is 0.106. The van der Waals surface area contributed by atoms with Crippen LogP contribution >= 0.6 is 15.9 Å². The second-order valence-corrected chi connectivity index (χ2v) is 5.52. The lowest BCUT2D eigenvalue weighted by Crippen LogP contribution is -2.30. The fourth-order valence-corrected chi connectivity index (χ4v) is 2.16. The predicted octanol–water partition coefficient (Wildman–Crippen LogP) is 1.84. The highest BCUT2D eigenvalue weighted by atomic mass is 79.9. The standard InChI is InChI=1S/C14H15BrN4O2/c1-8-3-4-10(16)5-12(8)18-13(20)7-19-9(2)17-6-11(15)14(19)21/h3-6H,7,16H2,1-2H3,(H,18,20). The van der Waals surface area contributed by atoms with Gasteiger partial charge in [0.15, 0.2) is 0 Å². The number of hydrogen-bond donors (Lipinski definition) is 2. The third-order valence-electron chi connectivity index (χ3n) is 3.04. The molecule has 0 aliphatic carbocycles. The minimum atomic E-state index is -0.311. The summed E-state index contributed by atoms with van der Waals surface area (Å²) < 4.78 is 1.63. The molecule has 0 saturated heterocycles. The van der Waals surface area contributed by atoms with E-state index in [9.17, 15) is 9.59 Å². The van der Waals surface area contributed by atoms with E-state index in [0.29, 0.717) is 21.7 Å². The molecule has 6 nitrogen and oxygen atoms in total. The van der Waals surface area contributed by atoms with Crippen LogP contribution in [0, 0.1) is 13.8 Å². The van der Waals surface area contributed by atoms with Crippen LogP contribution < -0.4 is 16.6 Å². The Labute approximate surface area is 130 Å². The molecule has 0 spiro atoms. The highest BCUT2D eigenvalue weighted by molar-refractivity contribution is 9.10. The molecule has 0 fully saturated rings. The van der Waals surface area contributed by atoms with Crippen molar-refractivity contribution in [1.29, 1.82) is 0 Å². The number of halogens is 1. The molecule has 1 aromatic heterocycles. The number of carbonyl (C=O) groups is 1. The van der Waals surface area contributed by atoms with Crippen molar-refractivity contribution >= 4 is 33.2 Å². The van der Waals surface area contributed by atoms with Gasteiger partial charge in [-0.1, -0.05) is 6.07 Å². The summed E-state index contributed by atoms with van der Waals surface area (Å²) in [6.07, 6.45) is 1.42. The number of amides is 1. The molecule has 0 aliphatic heterocycles. The second kappa shape index (κ2) is 6.09. The first kappa shape index (κ1) is 15.2. The third-order valence-corrected chi connectivity index (χ3v) is 3.59. The lowest BCUT2D eigenvalue weighted by Gasteiger charge is -2.12. The topological polar surface area (TPSA) is 90.0 Å². The maximum Gasteiger partial charge on any atom is 0.268 e. The number of nitrogens with zero attached hydrogens (tertiary/aromatic N) is 2. The summed E-state index contributed by atoms with van der Waals surface area (Å²) in [5.41, 5.74) is 7.50. The van der Waals surface area contributed by atoms with Gasteiger partial charge in [0.25, 0.3) is 5.56 Å². The molecule has 0 atom stereocenters. The van der Waals surface area contributed by atoms with Gasteiger partial charge >= 0.3 is 0 Å². The Hall–Kier alpha value is -2.15. The molecular weight excluding hydrogens is 336 g/mol. The molecule has 0 radical (unpaired) electrons. The predicted molar refractivity (Wildman–Crippen MR) is 85.2 cm³/mol. The van der Waals surface area contributed by atoms with Crippen molar-refractivity contribution < 1.29 is 4.79 Å². The second-order valence-electron chi connectivity index (χ2n) is 4.67. The number of benzene rings is 1. The van der Waals surface area contributed by atoms with Crippen molar-refractivity contribution in [2.24, 2.45) is 0 Å². The van der Waals surface area contributed by atoms with Gasteiger partial charge in [-0.15, -0.1) is 0 Å². The van der Waals surface area contributed by atoms with Gasteiger partial charge in [-0.05, 0) is 47.5 Å². The first-order chi connectivity index (χ1) is 9.88. The van der Waals surface area contributed by atoms with Gasteiger partial charge in [0.05, 0.1) is 0 Å². The van der Waals surface area contributed by atoms with Gasteiger partial charge in [0.2, 0.25) is 5.91 Å². The van der Waals surface area contributed by atoms with Crippen LogP contribution in [0.25, 0.3) is 0 Å². The highest BCUT2D eigenvalue weighted by Crippen LogP contribution is 2.18. The summed E-state index contributed by atoms with van der Waals surface area (Å²) in [7, 11) is 0. The summed E-state index contributed by atoms with van der Waals surface area (Å²) in [4.78, 5) is 28.1. The van der Waals surface area contributed by atoms with Gasteiger partial charge in [0, 0.05) is 17.6 Å². The van der Waals surface area contributed by atoms with Gasteiger partial charge in [0.1, 0.15) is 16.8 Å². The maximum absolute atomic E-state index is 12.1. The van der Waals surface area contributed by atoms with Crippen LogP contribution in [0.4, 0.5) is 11.4 Å². The highest BCUT2D eigenvalue weighted by Gasteiger charge is 2.11. The van der Waals surface area contributed by atoms with Crippen LogP contribution in [0.15, 0.2) is 33.7 Å². The number of aromatic nitrogens is 2. The molecule has 21 heavy (non-hydrogen) atoms. The van der Waals surface area contributed by atoms with Crippen LogP contribution in [0.1, 0.15) is 11.4 Å². The van der Waals surface area contributed by atoms with Gasteiger partial charge in [-0.3, -0.25) is 14.2 Å². The average Bonchev–Trinajstić information content (AvgIpc) is 2.43. The van der Waals surface area contributed by atoms with Crippen LogP contribution in [-0.2, 0) is 11.3 Å². The summed E-state index contributed by atoms with van der Waals surface area (Å²) >= 11 is 3.11. The van der Waals surface area contributed by atoms with Crippen LogP contribution in [0.2, 0.25) is 0 Å².